The molecular weight excluding hydrogens is 398 g/mol. The number of aliphatic hydroxyl groups is 1. The number of rotatable bonds is 3. The number of hydrogen-bond acceptors (Lipinski definition) is 3. The topological polar surface area (TPSA) is 46.5 Å². The molecule has 0 amide bonds. The molecular formula is C26H28F2O3. The molecule has 0 unspecified atom stereocenters. The number of halogens is 2. The lowest BCUT2D eigenvalue weighted by molar-refractivity contribution is -0.174. The molecule has 1 fully saturated rings. The van der Waals surface area contributed by atoms with Gasteiger partial charge < -0.3 is 9.84 Å². The number of carbonyl (C=O) groups is 1. The molecule has 0 bridgehead atoms. The third kappa shape index (κ3) is 3.69. The SMILES string of the molecule is CCc1cc(-c2ccc(F)c(F)c2)ccc1C1=C(O)C(C)(C)OC2(CCCCC2)C1=O. The van der Waals surface area contributed by atoms with Crippen molar-refractivity contribution in [2.45, 2.75) is 70.5 Å². The highest BCUT2D eigenvalue weighted by atomic mass is 19.2. The van der Waals surface area contributed by atoms with Crippen molar-refractivity contribution in [1.29, 1.82) is 0 Å². The van der Waals surface area contributed by atoms with Gasteiger partial charge in [-0.15, -0.1) is 0 Å². The van der Waals surface area contributed by atoms with Crippen LogP contribution in [0.1, 0.15) is 64.0 Å². The van der Waals surface area contributed by atoms with Crippen LogP contribution in [-0.2, 0) is 16.0 Å². The van der Waals surface area contributed by atoms with Crippen LogP contribution >= 0.6 is 0 Å². The first-order valence-electron chi connectivity index (χ1n) is 11.0. The fourth-order valence-corrected chi connectivity index (χ4v) is 4.91. The molecule has 1 saturated carbocycles. The standard InChI is InChI=1S/C26H28F2O3/c1-4-16-14-17(18-9-11-20(27)21(28)15-18)8-10-19(16)22-23(29)25(2,3)31-26(24(22)30)12-6-5-7-13-26/h8-11,14-15,29H,4-7,12-13H2,1-3H3. The highest BCUT2D eigenvalue weighted by molar-refractivity contribution is 6.26. The van der Waals surface area contributed by atoms with Crippen LogP contribution in [0.2, 0.25) is 0 Å². The molecule has 0 saturated heterocycles. The van der Waals surface area contributed by atoms with E-state index in [0.29, 0.717) is 36.0 Å². The molecule has 0 aromatic heterocycles. The molecule has 2 aromatic carbocycles. The van der Waals surface area contributed by atoms with Gasteiger partial charge in [0.2, 0.25) is 0 Å². The van der Waals surface area contributed by atoms with Crippen LogP contribution in [0.25, 0.3) is 16.7 Å². The Bertz CT molecular complexity index is 1060. The van der Waals surface area contributed by atoms with Crippen molar-refractivity contribution >= 4 is 11.4 Å². The zero-order valence-corrected chi connectivity index (χ0v) is 18.2. The Labute approximate surface area is 181 Å². The van der Waals surface area contributed by atoms with Crippen molar-refractivity contribution < 1.29 is 23.4 Å². The lowest BCUT2D eigenvalue weighted by Gasteiger charge is -2.46. The van der Waals surface area contributed by atoms with Crippen LogP contribution < -0.4 is 0 Å². The second kappa shape index (κ2) is 7.86. The van der Waals surface area contributed by atoms with Crippen LogP contribution in [0.5, 0.6) is 0 Å². The fraction of sp³-hybridized carbons (Fsp3) is 0.423. The molecule has 1 spiro atoms. The maximum absolute atomic E-state index is 13.7. The Morgan fingerprint density at radius 2 is 1.61 bits per heavy atom. The summed E-state index contributed by atoms with van der Waals surface area (Å²) in [5, 5.41) is 11.1. The Morgan fingerprint density at radius 3 is 2.26 bits per heavy atom. The predicted molar refractivity (Wildman–Crippen MR) is 117 cm³/mol. The van der Waals surface area contributed by atoms with Gasteiger partial charge in [-0.05, 0) is 67.5 Å². The van der Waals surface area contributed by atoms with Gasteiger partial charge in [0.1, 0.15) is 17.0 Å². The molecule has 0 atom stereocenters. The third-order valence-electron chi connectivity index (χ3n) is 6.57. The first kappa shape index (κ1) is 21.7. The predicted octanol–water partition coefficient (Wildman–Crippen LogP) is 6.54. The van der Waals surface area contributed by atoms with Crippen molar-refractivity contribution in [1.82, 2.24) is 0 Å². The van der Waals surface area contributed by atoms with Gasteiger partial charge >= 0.3 is 0 Å². The van der Waals surface area contributed by atoms with Crippen molar-refractivity contribution in [3.8, 4) is 11.1 Å². The molecule has 2 aliphatic rings. The first-order valence-corrected chi connectivity index (χ1v) is 11.0. The van der Waals surface area contributed by atoms with Gasteiger partial charge in [-0.1, -0.05) is 50.5 Å². The number of carbonyl (C=O) groups excluding carboxylic acids is 1. The van der Waals surface area contributed by atoms with E-state index in [-0.39, 0.29) is 11.5 Å². The Hall–Kier alpha value is -2.53. The van der Waals surface area contributed by atoms with E-state index in [2.05, 4.69) is 0 Å². The maximum Gasteiger partial charge on any atom is 0.198 e. The summed E-state index contributed by atoms with van der Waals surface area (Å²) in [6, 6.07) is 9.27. The number of aliphatic hydroxyl groups excluding tert-OH is 1. The number of ether oxygens (including phenoxy) is 1. The third-order valence-corrected chi connectivity index (χ3v) is 6.57. The smallest absolute Gasteiger partial charge is 0.198 e. The van der Waals surface area contributed by atoms with Gasteiger partial charge in [0, 0.05) is 0 Å². The number of benzene rings is 2. The molecule has 4 rings (SSSR count). The zero-order chi connectivity index (χ0) is 22.4. The zero-order valence-electron chi connectivity index (χ0n) is 18.2. The molecule has 1 heterocycles. The average Bonchev–Trinajstić information content (AvgIpc) is 2.75. The molecule has 3 nitrogen and oxygen atoms in total. The van der Waals surface area contributed by atoms with E-state index in [9.17, 15) is 18.7 Å². The lowest BCUT2D eigenvalue weighted by atomic mass is 9.73. The van der Waals surface area contributed by atoms with Crippen LogP contribution in [0.15, 0.2) is 42.2 Å². The van der Waals surface area contributed by atoms with E-state index in [4.69, 9.17) is 4.74 Å². The molecule has 0 radical (unpaired) electrons. The van der Waals surface area contributed by atoms with E-state index in [1.54, 1.807) is 26.0 Å². The van der Waals surface area contributed by atoms with E-state index in [1.807, 2.05) is 13.0 Å². The Balaban J connectivity index is 1.83. The summed E-state index contributed by atoms with van der Waals surface area (Å²) in [5.74, 6) is -2.00. The average molecular weight is 427 g/mol. The van der Waals surface area contributed by atoms with Crippen LogP contribution in [-0.4, -0.2) is 22.1 Å². The number of Topliss-reactive ketones (excluding diaryl/α,β-unsaturated/α-hetero) is 1. The number of aryl methyl sites for hydroxylation is 1. The highest BCUT2D eigenvalue weighted by Gasteiger charge is 2.52. The van der Waals surface area contributed by atoms with Crippen molar-refractivity contribution in [2.24, 2.45) is 0 Å². The van der Waals surface area contributed by atoms with Crippen LogP contribution in [0, 0.1) is 11.6 Å². The van der Waals surface area contributed by atoms with E-state index < -0.39 is 22.8 Å². The van der Waals surface area contributed by atoms with Gasteiger partial charge in [-0.3, -0.25) is 4.79 Å². The molecule has 5 heteroatoms. The van der Waals surface area contributed by atoms with Crippen molar-refractivity contribution in [2.75, 3.05) is 0 Å². The molecule has 1 N–H and O–H groups in total. The molecule has 1 aliphatic heterocycles. The first-order chi connectivity index (χ1) is 14.7. The van der Waals surface area contributed by atoms with Gasteiger partial charge in [0.15, 0.2) is 17.4 Å². The van der Waals surface area contributed by atoms with Gasteiger partial charge in [-0.2, -0.15) is 0 Å². The molecule has 1 aliphatic carbocycles. The number of ketones is 1. The molecule has 164 valence electrons. The van der Waals surface area contributed by atoms with Crippen molar-refractivity contribution in [3.05, 3.63) is 64.9 Å². The summed E-state index contributed by atoms with van der Waals surface area (Å²) in [7, 11) is 0. The van der Waals surface area contributed by atoms with Crippen LogP contribution in [0.4, 0.5) is 8.78 Å². The molecule has 31 heavy (non-hydrogen) atoms. The summed E-state index contributed by atoms with van der Waals surface area (Å²) in [6.45, 7) is 5.57. The quantitative estimate of drug-likeness (QED) is 0.606. The summed E-state index contributed by atoms with van der Waals surface area (Å²) in [4.78, 5) is 13.7. The Morgan fingerprint density at radius 1 is 0.968 bits per heavy atom. The van der Waals surface area contributed by atoms with Gasteiger partial charge in [-0.25, -0.2) is 8.78 Å². The summed E-state index contributed by atoms with van der Waals surface area (Å²) in [6.07, 6.45) is 4.84. The van der Waals surface area contributed by atoms with Gasteiger partial charge in [0.05, 0.1) is 5.57 Å². The minimum Gasteiger partial charge on any atom is -0.508 e. The number of hydrogen-bond donors (Lipinski definition) is 1. The summed E-state index contributed by atoms with van der Waals surface area (Å²) in [5.41, 5.74) is 1.29. The molecule has 2 aromatic rings. The Kier molecular flexibility index (Phi) is 5.50. The van der Waals surface area contributed by atoms with Gasteiger partial charge in [0.25, 0.3) is 0 Å². The normalized spacial score (nSPS) is 20.4. The maximum atomic E-state index is 13.7. The fourth-order valence-electron chi connectivity index (χ4n) is 4.91. The van der Waals surface area contributed by atoms with Crippen molar-refractivity contribution in [3.63, 3.8) is 0 Å². The second-order valence-electron chi connectivity index (χ2n) is 9.07. The van der Waals surface area contributed by atoms with E-state index >= 15 is 0 Å². The van der Waals surface area contributed by atoms with E-state index in [1.165, 1.54) is 12.1 Å². The van der Waals surface area contributed by atoms with E-state index in [0.717, 1.165) is 36.5 Å². The lowest BCUT2D eigenvalue weighted by Crippen LogP contribution is -2.54. The second-order valence-corrected chi connectivity index (χ2v) is 9.07. The minimum atomic E-state index is -0.968. The largest absolute Gasteiger partial charge is 0.508 e. The monoisotopic (exact) mass is 426 g/mol. The highest BCUT2D eigenvalue weighted by Crippen LogP contribution is 2.47. The van der Waals surface area contributed by atoms with Crippen LogP contribution in [0.3, 0.4) is 0 Å². The minimum absolute atomic E-state index is 0.0519. The summed E-state index contributed by atoms with van der Waals surface area (Å²) >= 11 is 0. The summed E-state index contributed by atoms with van der Waals surface area (Å²) < 4.78 is 33.3.